The molecule has 2 heterocycles. The number of benzene rings is 1. The van der Waals surface area contributed by atoms with Gasteiger partial charge in [0.2, 0.25) is 16.0 Å². The summed E-state index contributed by atoms with van der Waals surface area (Å²) in [5, 5.41) is 9.44. The van der Waals surface area contributed by atoms with Crippen LogP contribution in [0.3, 0.4) is 0 Å². The lowest BCUT2D eigenvalue weighted by Gasteiger charge is -2.21. The van der Waals surface area contributed by atoms with Gasteiger partial charge in [-0.3, -0.25) is 9.78 Å². The molecule has 0 bridgehead atoms. The van der Waals surface area contributed by atoms with Gasteiger partial charge < -0.3 is 4.90 Å². The maximum absolute atomic E-state index is 12.5. The average Bonchev–Trinajstić information content (AvgIpc) is 2.97. The van der Waals surface area contributed by atoms with E-state index in [1.165, 1.54) is 26.2 Å². The predicted octanol–water partition coefficient (Wildman–Crippen LogP) is 1.94. The molecule has 0 aliphatic carbocycles. The maximum atomic E-state index is 12.5. The Balaban J connectivity index is 2.05. The highest BCUT2D eigenvalue weighted by atomic mass is 32.2. The minimum absolute atomic E-state index is 0.0817. The molecule has 1 saturated heterocycles. The van der Waals surface area contributed by atoms with Gasteiger partial charge in [0, 0.05) is 32.7 Å². The van der Waals surface area contributed by atoms with Gasteiger partial charge in [0.1, 0.15) is 11.6 Å². The van der Waals surface area contributed by atoms with Gasteiger partial charge in [-0.25, -0.2) is 17.7 Å². The number of nitrogens with zero attached hydrogens (tertiary/aromatic N) is 4. The van der Waals surface area contributed by atoms with Gasteiger partial charge >= 0.3 is 0 Å². The summed E-state index contributed by atoms with van der Waals surface area (Å²) in [7, 11) is -0.635. The normalized spacial score (nSPS) is 15.3. The molecule has 2 aromatic rings. The third kappa shape index (κ3) is 3.93. The molecule has 1 N–H and O–H groups in total. The van der Waals surface area contributed by atoms with Crippen molar-refractivity contribution < 1.29 is 8.42 Å². The van der Waals surface area contributed by atoms with Gasteiger partial charge in [-0.05, 0) is 25.0 Å². The molecule has 1 aromatic heterocycles. The molecule has 0 saturated carbocycles. The molecule has 0 radical (unpaired) electrons. The first-order valence-corrected chi connectivity index (χ1v) is 10.6. The van der Waals surface area contributed by atoms with Crippen LogP contribution in [-0.2, 0) is 10.0 Å². The van der Waals surface area contributed by atoms with Crippen molar-refractivity contribution in [2.75, 3.05) is 32.1 Å². The van der Waals surface area contributed by atoms with E-state index in [1.807, 2.05) is 11.0 Å². The molecular formula is C19H23N5O3S. The molecule has 0 amide bonds. The smallest absolute Gasteiger partial charge is 0.270 e. The molecule has 0 unspecified atom stereocenters. The fraction of sp³-hybridized carbons (Fsp3) is 0.421. The van der Waals surface area contributed by atoms with E-state index in [9.17, 15) is 18.5 Å². The summed E-state index contributed by atoms with van der Waals surface area (Å²) in [6.07, 6.45) is 4.34. The SMILES string of the molecule is CN(C)S(=O)(=O)c1ccc(-c2nc(N3CCCCCC3)[nH]c(=O)c2C#N)cc1. The van der Waals surface area contributed by atoms with Crippen molar-refractivity contribution in [2.24, 2.45) is 0 Å². The lowest BCUT2D eigenvalue weighted by Crippen LogP contribution is -2.29. The number of nitriles is 1. The first kappa shape index (κ1) is 20.0. The molecule has 0 atom stereocenters. The second-order valence-electron chi connectivity index (χ2n) is 6.94. The van der Waals surface area contributed by atoms with Gasteiger partial charge in [0.05, 0.1) is 10.6 Å². The molecule has 1 aliphatic rings. The zero-order chi connectivity index (χ0) is 20.3. The Bertz CT molecular complexity index is 1040. The zero-order valence-electron chi connectivity index (χ0n) is 16.0. The predicted molar refractivity (Wildman–Crippen MR) is 107 cm³/mol. The summed E-state index contributed by atoms with van der Waals surface area (Å²) in [6, 6.07) is 7.98. The quantitative estimate of drug-likeness (QED) is 0.838. The van der Waals surface area contributed by atoms with Crippen molar-refractivity contribution in [1.82, 2.24) is 14.3 Å². The number of hydrogen-bond donors (Lipinski definition) is 1. The molecular weight excluding hydrogens is 378 g/mol. The minimum Gasteiger partial charge on any atom is -0.342 e. The second kappa shape index (κ2) is 8.12. The lowest BCUT2D eigenvalue weighted by atomic mass is 10.1. The van der Waals surface area contributed by atoms with E-state index in [0.717, 1.165) is 43.1 Å². The third-order valence-corrected chi connectivity index (χ3v) is 6.66. The first-order valence-electron chi connectivity index (χ1n) is 9.17. The fourth-order valence-corrected chi connectivity index (χ4v) is 4.10. The summed E-state index contributed by atoms with van der Waals surface area (Å²) < 4.78 is 25.6. The van der Waals surface area contributed by atoms with E-state index >= 15 is 0 Å². The number of hydrogen-bond acceptors (Lipinski definition) is 6. The first-order chi connectivity index (χ1) is 13.3. The Labute approximate surface area is 164 Å². The van der Waals surface area contributed by atoms with Crippen LogP contribution in [0.5, 0.6) is 0 Å². The number of anilines is 1. The number of sulfonamides is 1. The number of H-pyrrole nitrogens is 1. The van der Waals surface area contributed by atoms with Crippen LogP contribution in [0.4, 0.5) is 5.95 Å². The molecule has 1 fully saturated rings. The van der Waals surface area contributed by atoms with Crippen LogP contribution in [-0.4, -0.2) is 49.9 Å². The highest BCUT2D eigenvalue weighted by molar-refractivity contribution is 7.89. The van der Waals surface area contributed by atoms with Crippen LogP contribution in [0, 0.1) is 11.3 Å². The van der Waals surface area contributed by atoms with Gasteiger partial charge in [-0.2, -0.15) is 5.26 Å². The van der Waals surface area contributed by atoms with Gasteiger partial charge in [-0.15, -0.1) is 0 Å². The Kier molecular flexibility index (Phi) is 5.82. The molecule has 8 nitrogen and oxygen atoms in total. The summed E-state index contributed by atoms with van der Waals surface area (Å²) in [5.74, 6) is 0.450. The van der Waals surface area contributed by atoms with Crippen LogP contribution >= 0.6 is 0 Å². The van der Waals surface area contributed by atoms with Gasteiger partial charge in [0.15, 0.2) is 0 Å². The maximum Gasteiger partial charge on any atom is 0.270 e. The average molecular weight is 401 g/mol. The van der Waals surface area contributed by atoms with Gasteiger partial charge in [-0.1, -0.05) is 25.0 Å². The van der Waals surface area contributed by atoms with Crippen LogP contribution in [0.2, 0.25) is 0 Å². The van der Waals surface area contributed by atoms with Gasteiger partial charge in [0.25, 0.3) is 5.56 Å². The standard InChI is InChI=1S/C19H23N5O3S/c1-23(2)28(26,27)15-9-7-14(8-10-15)17-16(13-20)18(25)22-19(21-17)24-11-5-3-4-6-12-24/h7-10H,3-6,11-12H2,1-2H3,(H,21,22,25). The molecule has 148 valence electrons. The van der Waals surface area contributed by atoms with E-state index in [2.05, 4.69) is 9.97 Å². The van der Waals surface area contributed by atoms with E-state index in [4.69, 9.17) is 0 Å². The van der Waals surface area contributed by atoms with E-state index < -0.39 is 15.6 Å². The summed E-state index contributed by atoms with van der Waals surface area (Å²) in [5.41, 5.74) is 0.217. The Morgan fingerprint density at radius 3 is 2.25 bits per heavy atom. The molecule has 9 heteroatoms. The van der Waals surface area contributed by atoms with Crippen molar-refractivity contribution in [3.8, 4) is 17.3 Å². The Morgan fingerprint density at radius 1 is 1.11 bits per heavy atom. The van der Waals surface area contributed by atoms with Crippen LogP contribution in [0.25, 0.3) is 11.3 Å². The van der Waals surface area contributed by atoms with Crippen molar-refractivity contribution in [1.29, 1.82) is 5.26 Å². The van der Waals surface area contributed by atoms with E-state index in [1.54, 1.807) is 12.1 Å². The number of aromatic amines is 1. The van der Waals surface area contributed by atoms with Crippen LogP contribution in [0.15, 0.2) is 34.0 Å². The summed E-state index contributed by atoms with van der Waals surface area (Å²) in [4.78, 5) is 21.9. The fourth-order valence-electron chi connectivity index (χ4n) is 3.20. The van der Waals surface area contributed by atoms with Crippen molar-refractivity contribution in [3.05, 3.63) is 40.2 Å². The Morgan fingerprint density at radius 2 is 1.71 bits per heavy atom. The van der Waals surface area contributed by atoms with E-state index in [0.29, 0.717) is 11.5 Å². The second-order valence-corrected chi connectivity index (χ2v) is 9.09. The highest BCUT2D eigenvalue weighted by Gasteiger charge is 2.20. The molecule has 28 heavy (non-hydrogen) atoms. The molecule has 3 rings (SSSR count). The summed E-state index contributed by atoms with van der Waals surface area (Å²) in [6.45, 7) is 1.60. The molecule has 0 spiro atoms. The monoisotopic (exact) mass is 401 g/mol. The van der Waals surface area contributed by atoms with Crippen LogP contribution in [0.1, 0.15) is 31.2 Å². The Hall–Kier alpha value is -2.70. The minimum atomic E-state index is -3.56. The van der Waals surface area contributed by atoms with Crippen molar-refractivity contribution in [2.45, 2.75) is 30.6 Å². The molecule has 1 aromatic carbocycles. The van der Waals surface area contributed by atoms with Crippen LogP contribution < -0.4 is 10.5 Å². The topological polar surface area (TPSA) is 110 Å². The largest absolute Gasteiger partial charge is 0.342 e. The number of nitrogens with one attached hydrogen (secondary N) is 1. The number of aromatic nitrogens is 2. The highest BCUT2D eigenvalue weighted by Crippen LogP contribution is 2.24. The third-order valence-electron chi connectivity index (χ3n) is 4.83. The summed E-state index contributed by atoms with van der Waals surface area (Å²) >= 11 is 0. The van der Waals surface area contributed by atoms with E-state index in [-0.39, 0.29) is 16.2 Å². The molecule has 1 aliphatic heterocycles. The van der Waals surface area contributed by atoms with Crippen molar-refractivity contribution >= 4 is 16.0 Å². The zero-order valence-corrected chi connectivity index (χ0v) is 16.8. The lowest BCUT2D eigenvalue weighted by molar-refractivity contribution is 0.521. The van der Waals surface area contributed by atoms with Crippen molar-refractivity contribution in [3.63, 3.8) is 0 Å². The number of rotatable bonds is 4.